The van der Waals surface area contributed by atoms with Crippen molar-refractivity contribution in [3.63, 3.8) is 0 Å². The molecular weight excluding hydrogens is 841 g/mol. The van der Waals surface area contributed by atoms with Crippen LogP contribution in [0.3, 0.4) is 0 Å². The first-order valence-corrected chi connectivity index (χ1v) is 21.6. The second-order valence-electron chi connectivity index (χ2n) is 16.3. The predicted octanol–water partition coefficient (Wildman–Crippen LogP) is 7.46. The van der Waals surface area contributed by atoms with Crippen molar-refractivity contribution in [1.29, 1.82) is 0 Å². The third-order valence-corrected chi connectivity index (χ3v) is 12.6. The van der Waals surface area contributed by atoms with Crippen molar-refractivity contribution < 1.29 is 73.8 Å². The smallest absolute Gasteiger partial charge is 0.346 e. The zero-order valence-electron chi connectivity index (χ0n) is 36.9. The molecule has 2 aliphatic carbocycles. The van der Waals surface area contributed by atoms with E-state index in [0.29, 0.717) is 43.1 Å². The van der Waals surface area contributed by atoms with Gasteiger partial charge in [-0.3, -0.25) is 4.79 Å². The number of phenolic OH excluding ortho intramolecular Hbond substituents is 4. The molecule has 15 heteroatoms. The van der Waals surface area contributed by atoms with Gasteiger partial charge in [0, 0.05) is 42.9 Å². The first-order valence-electron chi connectivity index (χ1n) is 21.6. The molecule has 65 heavy (non-hydrogen) atoms. The summed E-state index contributed by atoms with van der Waals surface area (Å²) >= 11 is 0. The molecule has 0 bridgehead atoms. The van der Waals surface area contributed by atoms with Gasteiger partial charge < -0.3 is 59.4 Å². The van der Waals surface area contributed by atoms with E-state index in [9.17, 15) is 50.1 Å². The molecule has 2 unspecified atom stereocenters. The molecule has 2 fully saturated rings. The highest BCUT2D eigenvalue weighted by Crippen LogP contribution is 2.66. The number of hydrogen-bond donors (Lipinski definition) is 7. The second kappa shape index (κ2) is 19.3. The van der Waals surface area contributed by atoms with Crippen molar-refractivity contribution >= 4 is 30.4 Å². The van der Waals surface area contributed by atoms with Gasteiger partial charge in [0.15, 0.2) is 28.6 Å². The number of aryl methyl sites for hydroxylation is 2. The Bertz CT molecular complexity index is 2470. The molecular formula is C50H56O15. The molecule has 5 atom stereocenters. The zero-order valence-corrected chi connectivity index (χ0v) is 36.9. The van der Waals surface area contributed by atoms with Gasteiger partial charge in [-0.2, -0.15) is 0 Å². The van der Waals surface area contributed by atoms with Crippen LogP contribution < -0.4 is 14.2 Å². The number of aliphatic carboxylic acids is 1. The molecule has 2 heterocycles. The number of allylic oxidation sites excluding steroid dienone is 1. The highest BCUT2D eigenvalue weighted by atomic mass is 16.8. The largest absolute Gasteiger partial charge is 0.508 e. The molecule has 15 nitrogen and oxygen atoms in total. The summed E-state index contributed by atoms with van der Waals surface area (Å²) in [5.41, 5.74) is 1.66. The van der Waals surface area contributed by atoms with Crippen molar-refractivity contribution in [3.8, 4) is 40.2 Å². The Hall–Kier alpha value is -6.55. The maximum absolute atomic E-state index is 12.7. The van der Waals surface area contributed by atoms with E-state index in [-0.39, 0.29) is 59.3 Å². The minimum Gasteiger partial charge on any atom is -0.508 e. The summed E-state index contributed by atoms with van der Waals surface area (Å²) in [7, 11) is 1.31. The van der Waals surface area contributed by atoms with Crippen LogP contribution in [0.5, 0.6) is 40.2 Å². The lowest BCUT2D eigenvalue weighted by atomic mass is 9.64. The van der Waals surface area contributed by atoms with Gasteiger partial charge in [-0.1, -0.05) is 64.0 Å². The number of phenols is 4. The molecule has 0 saturated heterocycles. The van der Waals surface area contributed by atoms with E-state index in [4.69, 9.17) is 23.7 Å². The average molecular weight is 897 g/mol. The van der Waals surface area contributed by atoms with Gasteiger partial charge in [0.25, 0.3) is 0 Å². The number of carboxylic acid groups (broad SMARTS) is 1. The quantitative estimate of drug-likeness (QED) is 0.0373. The highest BCUT2D eigenvalue weighted by Gasteiger charge is 2.76. The molecule has 7 N–H and O–H groups in total. The Morgan fingerprint density at radius 1 is 0.815 bits per heavy atom. The van der Waals surface area contributed by atoms with E-state index in [1.807, 2.05) is 39.0 Å². The van der Waals surface area contributed by atoms with Crippen molar-refractivity contribution in [2.45, 2.75) is 114 Å². The van der Waals surface area contributed by atoms with E-state index in [2.05, 4.69) is 6.92 Å². The Morgan fingerprint density at radius 3 is 2.15 bits per heavy atom. The number of hydrogen-bond acceptors (Lipinski definition) is 14. The van der Waals surface area contributed by atoms with Gasteiger partial charge >= 0.3 is 23.5 Å². The number of aliphatic hydroxyl groups is 2. The number of benzene rings is 4. The number of ether oxygens (including phenoxy) is 5. The number of fused-ring (bicyclic) bond motifs is 5. The van der Waals surface area contributed by atoms with Crippen LogP contribution in [-0.2, 0) is 41.5 Å². The molecule has 2 saturated carbocycles. The number of rotatable bonds is 9. The molecule has 8 rings (SSSR count). The summed E-state index contributed by atoms with van der Waals surface area (Å²) < 4.78 is 29.6. The molecule has 0 radical (unpaired) electrons. The number of carbonyl (C=O) groups excluding carboxylic acids is 2. The van der Waals surface area contributed by atoms with Crippen molar-refractivity contribution in [3.05, 3.63) is 112 Å². The number of aliphatic hydroxyl groups excluding tert-OH is 1. The maximum atomic E-state index is 12.7. The normalized spacial score (nSPS) is 24.7. The lowest BCUT2D eigenvalue weighted by Gasteiger charge is -2.58. The lowest BCUT2D eigenvalue weighted by molar-refractivity contribution is -0.377. The number of methoxy groups -OCH3 is 1. The van der Waals surface area contributed by atoms with Gasteiger partial charge in [0.1, 0.15) is 29.6 Å². The molecule has 4 aromatic carbocycles. The SMILES string of the molecule is CC.CCc1ccc(/C=C/C(=O)O[C@@H]2C[C@@](OC)(C(=O)O)CC[C@@H]2O)cc1C.O=C/C=C/c1ccc2c(c1)OC1(c3ccc(O)c(O)c3)Oc3cc(O)cc(O)c3C3(CCCC3)C1(O)O2. The summed E-state index contributed by atoms with van der Waals surface area (Å²) in [5.74, 6) is -7.01. The fourth-order valence-corrected chi connectivity index (χ4v) is 9.27. The Morgan fingerprint density at radius 2 is 1.51 bits per heavy atom. The maximum Gasteiger partial charge on any atom is 0.346 e. The van der Waals surface area contributed by atoms with Crippen LogP contribution >= 0.6 is 0 Å². The number of carboxylic acids is 1. The Kier molecular flexibility index (Phi) is 14.2. The van der Waals surface area contributed by atoms with Crippen LogP contribution in [0, 0.1) is 6.92 Å². The van der Waals surface area contributed by atoms with Crippen LogP contribution in [-0.4, -0.2) is 84.7 Å². The van der Waals surface area contributed by atoms with Gasteiger partial charge in [-0.25, -0.2) is 9.59 Å². The number of aromatic hydroxyl groups is 4. The van der Waals surface area contributed by atoms with Crippen LogP contribution in [0.2, 0.25) is 0 Å². The highest BCUT2D eigenvalue weighted by molar-refractivity contribution is 5.87. The topological polar surface area (TPSA) is 239 Å². The predicted molar refractivity (Wildman–Crippen MR) is 238 cm³/mol. The fraction of sp³-hybridized carbons (Fsp3) is 0.380. The zero-order chi connectivity index (χ0) is 47.3. The summed E-state index contributed by atoms with van der Waals surface area (Å²) in [6.07, 6.45) is 8.12. The van der Waals surface area contributed by atoms with Gasteiger partial charge in [-0.05, 0) is 104 Å². The third-order valence-electron chi connectivity index (χ3n) is 12.6. The second-order valence-corrected chi connectivity index (χ2v) is 16.3. The molecule has 0 aromatic heterocycles. The van der Waals surface area contributed by atoms with E-state index in [1.54, 1.807) is 30.4 Å². The summed E-state index contributed by atoms with van der Waals surface area (Å²) in [5, 5.41) is 73.7. The molecule has 2 aliphatic heterocycles. The summed E-state index contributed by atoms with van der Waals surface area (Å²) in [6, 6.07) is 17.2. The summed E-state index contributed by atoms with van der Waals surface area (Å²) in [4.78, 5) is 34.4. The minimum absolute atomic E-state index is 0.0795. The summed E-state index contributed by atoms with van der Waals surface area (Å²) in [6.45, 7) is 8.10. The first kappa shape index (κ1) is 47.9. The van der Waals surface area contributed by atoms with Crippen LogP contribution in [0.1, 0.15) is 99.1 Å². The Balaban J connectivity index is 0.000000221. The number of aldehydes is 1. The lowest BCUT2D eigenvalue weighted by Crippen LogP contribution is -2.74. The van der Waals surface area contributed by atoms with Gasteiger partial charge in [0.05, 0.1) is 11.5 Å². The van der Waals surface area contributed by atoms with Crippen LogP contribution in [0.15, 0.2) is 78.9 Å². The van der Waals surface area contributed by atoms with Crippen molar-refractivity contribution in [2.75, 3.05) is 7.11 Å². The van der Waals surface area contributed by atoms with Crippen molar-refractivity contribution in [2.24, 2.45) is 0 Å². The third kappa shape index (κ3) is 8.83. The molecule has 4 aromatic rings. The molecule has 0 amide bonds. The van der Waals surface area contributed by atoms with E-state index in [0.717, 1.165) is 17.5 Å². The van der Waals surface area contributed by atoms with E-state index in [1.165, 1.54) is 55.2 Å². The molecule has 1 spiro atoms. The van der Waals surface area contributed by atoms with Gasteiger partial charge in [0.2, 0.25) is 0 Å². The Labute approximate surface area is 376 Å². The minimum atomic E-state index is -2.26. The molecule has 4 aliphatic rings. The van der Waals surface area contributed by atoms with Crippen molar-refractivity contribution in [1.82, 2.24) is 0 Å². The van der Waals surface area contributed by atoms with Crippen LogP contribution in [0.25, 0.3) is 12.2 Å². The first-order chi connectivity index (χ1) is 31.0. The monoisotopic (exact) mass is 896 g/mol. The van der Waals surface area contributed by atoms with Gasteiger partial charge in [-0.15, -0.1) is 0 Å². The average Bonchev–Trinajstić information content (AvgIpc) is 3.78. The van der Waals surface area contributed by atoms with E-state index >= 15 is 0 Å². The fourth-order valence-electron chi connectivity index (χ4n) is 9.27. The number of esters is 1. The number of carbonyl (C=O) groups is 3. The molecule has 346 valence electrons. The standard InChI is InChI=1S/C28H24O9.C20H26O6.C2H6/c29-11-3-4-16-5-8-22-23(12-16)35-27(17-6-7-19(31)20(32)13-17)28(34,37-22)26(9-1-2-10-26)25-21(33)14-18(30)15-24(25)36-27;1-4-15-7-5-14(11-13(15)2)6-8-18(22)26-17-12-20(25-3,19(23)24)10-9-16(17)21;1-2/h3-8,11-15,30-34H,1-2,9-10H2;5-8,11,16-17,21H,4,9-10,12H2,1-3H3,(H,23,24);1-2H3/b4-3+;8-6+;/t;16-,17+,20+;/m.0./s1. The van der Waals surface area contributed by atoms with E-state index < -0.39 is 52.5 Å². The van der Waals surface area contributed by atoms with Crippen LogP contribution in [0.4, 0.5) is 0 Å².